The second kappa shape index (κ2) is 3.76. The van der Waals surface area contributed by atoms with E-state index in [-0.39, 0.29) is 18.3 Å². The molecule has 0 radical (unpaired) electrons. The molecule has 0 saturated heterocycles. The maximum Gasteiger partial charge on any atom is 0.137 e. The van der Waals surface area contributed by atoms with Crippen molar-refractivity contribution in [2.45, 2.75) is 12.3 Å². The number of hydrogen-bond donors (Lipinski definition) is 1. The number of hydrogen-bond acceptors (Lipinski definition) is 3. The summed E-state index contributed by atoms with van der Waals surface area (Å²) in [5, 5.41) is 0. The lowest BCUT2D eigenvalue weighted by Gasteiger charge is -2.17. The third-order valence-electron chi connectivity index (χ3n) is 2.09. The van der Waals surface area contributed by atoms with Gasteiger partial charge < -0.3 is 15.3 Å². The Balaban J connectivity index is 3.49. The number of benzene rings is 1. The maximum absolute atomic E-state index is 13.3. The minimum atomic E-state index is -1.82. The van der Waals surface area contributed by atoms with E-state index < -0.39 is 22.6 Å². The van der Waals surface area contributed by atoms with E-state index in [0.717, 1.165) is 19.1 Å². The van der Waals surface area contributed by atoms with Gasteiger partial charge in [0.1, 0.15) is 29.6 Å². The highest BCUT2D eigenvalue weighted by molar-refractivity contribution is 5.91. The van der Waals surface area contributed by atoms with Gasteiger partial charge in [0, 0.05) is 11.3 Å². The Morgan fingerprint density at radius 1 is 1.20 bits per heavy atom. The van der Waals surface area contributed by atoms with Crippen LogP contribution in [0, 0.1) is 11.6 Å². The summed E-state index contributed by atoms with van der Waals surface area (Å²) in [4.78, 5) is 21.3. The van der Waals surface area contributed by atoms with E-state index >= 15 is 0 Å². The zero-order valence-corrected chi connectivity index (χ0v) is 7.96. The van der Waals surface area contributed by atoms with Gasteiger partial charge in [-0.15, -0.1) is 0 Å². The molecule has 1 rings (SSSR count). The summed E-state index contributed by atoms with van der Waals surface area (Å²) in [7, 11) is 0. The van der Waals surface area contributed by atoms with Crippen LogP contribution in [0.15, 0.2) is 12.1 Å². The molecule has 0 aliphatic rings. The van der Waals surface area contributed by atoms with Crippen LogP contribution in [0.3, 0.4) is 0 Å². The first-order chi connectivity index (χ1) is 6.94. The Morgan fingerprint density at radius 3 is 1.93 bits per heavy atom. The Bertz CT molecular complexity index is 387. The summed E-state index contributed by atoms with van der Waals surface area (Å²) < 4.78 is 26.7. The monoisotopic (exact) mass is 213 g/mol. The Kier molecular flexibility index (Phi) is 2.83. The standard InChI is InChI=1S/C10H9F2NO2/c1-10(4-14,5-15)9-7(11)2-6(13)3-8(9)12/h2-5H,13H2,1H3. The van der Waals surface area contributed by atoms with Crippen LogP contribution in [0.25, 0.3) is 0 Å². The summed E-state index contributed by atoms with van der Waals surface area (Å²) in [6.45, 7) is 1.13. The van der Waals surface area contributed by atoms with Crippen LogP contribution in [0.5, 0.6) is 0 Å². The Labute approximate surface area is 84.9 Å². The van der Waals surface area contributed by atoms with Crippen molar-refractivity contribution in [3.63, 3.8) is 0 Å². The molecular weight excluding hydrogens is 204 g/mol. The molecule has 0 heterocycles. The summed E-state index contributed by atoms with van der Waals surface area (Å²) in [5.74, 6) is -2.01. The molecule has 80 valence electrons. The van der Waals surface area contributed by atoms with Crippen LogP contribution in [0.1, 0.15) is 12.5 Å². The van der Waals surface area contributed by atoms with E-state index in [2.05, 4.69) is 0 Å². The molecule has 0 spiro atoms. The number of carbonyl (C=O) groups excluding carboxylic acids is 2. The van der Waals surface area contributed by atoms with Gasteiger partial charge in [-0.1, -0.05) is 0 Å². The smallest absolute Gasteiger partial charge is 0.137 e. The van der Waals surface area contributed by atoms with Crippen LogP contribution in [-0.2, 0) is 15.0 Å². The Morgan fingerprint density at radius 2 is 1.60 bits per heavy atom. The highest BCUT2D eigenvalue weighted by Gasteiger charge is 2.32. The number of halogens is 2. The van der Waals surface area contributed by atoms with E-state index in [0.29, 0.717) is 0 Å². The molecule has 0 unspecified atom stereocenters. The summed E-state index contributed by atoms with van der Waals surface area (Å²) in [6.07, 6.45) is 0.384. The van der Waals surface area contributed by atoms with E-state index in [1.165, 1.54) is 0 Å². The Hall–Kier alpha value is -1.78. The van der Waals surface area contributed by atoms with E-state index in [1.807, 2.05) is 0 Å². The zero-order chi connectivity index (χ0) is 11.6. The fourth-order valence-electron chi connectivity index (χ4n) is 1.25. The predicted molar refractivity (Wildman–Crippen MR) is 50.3 cm³/mol. The van der Waals surface area contributed by atoms with Crippen LogP contribution >= 0.6 is 0 Å². The lowest BCUT2D eigenvalue weighted by molar-refractivity contribution is -0.120. The van der Waals surface area contributed by atoms with Gasteiger partial charge in [-0.05, 0) is 19.1 Å². The highest BCUT2D eigenvalue weighted by Crippen LogP contribution is 2.27. The molecule has 0 bridgehead atoms. The van der Waals surface area contributed by atoms with Gasteiger partial charge in [-0.2, -0.15) is 0 Å². The van der Waals surface area contributed by atoms with Gasteiger partial charge >= 0.3 is 0 Å². The molecule has 0 fully saturated rings. The summed E-state index contributed by atoms with van der Waals surface area (Å²) >= 11 is 0. The van der Waals surface area contributed by atoms with Crippen LogP contribution in [-0.4, -0.2) is 12.6 Å². The molecule has 0 atom stereocenters. The average Bonchev–Trinajstić information content (AvgIpc) is 2.15. The molecule has 1 aromatic carbocycles. The first kappa shape index (κ1) is 11.3. The van der Waals surface area contributed by atoms with Crippen molar-refractivity contribution in [1.29, 1.82) is 0 Å². The average molecular weight is 213 g/mol. The molecule has 5 heteroatoms. The third-order valence-corrected chi connectivity index (χ3v) is 2.09. The molecule has 0 aliphatic carbocycles. The molecule has 0 saturated carbocycles. The molecule has 2 N–H and O–H groups in total. The summed E-state index contributed by atoms with van der Waals surface area (Å²) in [5.41, 5.74) is 2.69. The fourth-order valence-corrected chi connectivity index (χ4v) is 1.25. The van der Waals surface area contributed by atoms with Gasteiger partial charge in [0.15, 0.2) is 0 Å². The lowest BCUT2D eigenvalue weighted by atomic mass is 9.84. The normalized spacial score (nSPS) is 11.1. The minimum Gasteiger partial charge on any atom is -0.399 e. The van der Waals surface area contributed by atoms with Crippen molar-refractivity contribution >= 4 is 18.3 Å². The quantitative estimate of drug-likeness (QED) is 0.466. The van der Waals surface area contributed by atoms with E-state index in [1.54, 1.807) is 0 Å². The van der Waals surface area contributed by atoms with Crippen molar-refractivity contribution < 1.29 is 18.4 Å². The zero-order valence-electron chi connectivity index (χ0n) is 7.96. The number of rotatable bonds is 3. The highest BCUT2D eigenvalue weighted by atomic mass is 19.1. The molecule has 1 aromatic rings. The van der Waals surface area contributed by atoms with E-state index in [4.69, 9.17) is 5.73 Å². The second-order valence-corrected chi connectivity index (χ2v) is 3.38. The largest absolute Gasteiger partial charge is 0.399 e. The van der Waals surface area contributed by atoms with Crippen molar-refractivity contribution in [3.8, 4) is 0 Å². The predicted octanol–water partition coefficient (Wildman–Crippen LogP) is 1.20. The molecule has 0 aromatic heterocycles. The van der Waals surface area contributed by atoms with Gasteiger partial charge in [-0.3, -0.25) is 0 Å². The van der Waals surface area contributed by atoms with Crippen molar-refractivity contribution in [1.82, 2.24) is 0 Å². The minimum absolute atomic E-state index is 0.104. The number of aldehydes is 2. The number of carbonyl (C=O) groups is 2. The van der Waals surface area contributed by atoms with Gasteiger partial charge in [0.25, 0.3) is 0 Å². The fraction of sp³-hybridized carbons (Fsp3) is 0.200. The van der Waals surface area contributed by atoms with Crippen molar-refractivity contribution in [2.24, 2.45) is 0 Å². The first-order valence-electron chi connectivity index (χ1n) is 4.12. The van der Waals surface area contributed by atoms with Crippen LogP contribution < -0.4 is 5.73 Å². The summed E-state index contributed by atoms with van der Waals surface area (Å²) in [6, 6.07) is 1.73. The molecule has 0 amide bonds. The van der Waals surface area contributed by atoms with Crippen molar-refractivity contribution in [3.05, 3.63) is 29.3 Å². The molecule has 15 heavy (non-hydrogen) atoms. The third kappa shape index (κ3) is 1.86. The van der Waals surface area contributed by atoms with Crippen LogP contribution in [0.4, 0.5) is 14.5 Å². The topological polar surface area (TPSA) is 60.2 Å². The van der Waals surface area contributed by atoms with E-state index in [9.17, 15) is 18.4 Å². The lowest BCUT2D eigenvalue weighted by Crippen LogP contribution is -2.28. The number of nitrogens with two attached hydrogens (primary N) is 1. The molecular formula is C10H9F2NO2. The SMILES string of the molecule is CC(C=O)(C=O)c1c(F)cc(N)cc1F. The second-order valence-electron chi connectivity index (χ2n) is 3.38. The number of anilines is 1. The maximum atomic E-state index is 13.3. The molecule has 0 aliphatic heterocycles. The van der Waals surface area contributed by atoms with Crippen LogP contribution in [0.2, 0.25) is 0 Å². The van der Waals surface area contributed by atoms with Crippen molar-refractivity contribution in [2.75, 3.05) is 5.73 Å². The molecule has 3 nitrogen and oxygen atoms in total. The number of nitrogen functional groups attached to an aromatic ring is 1. The van der Waals surface area contributed by atoms with Gasteiger partial charge in [0.05, 0.1) is 0 Å². The van der Waals surface area contributed by atoms with Gasteiger partial charge in [-0.25, -0.2) is 8.78 Å². The van der Waals surface area contributed by atoms with Gasteiger partial charge in [0.2, 0.25) is 0 Å². The first-order valence-corrected chi connectivity index (χ1v) is 4.12.